The minimum atomic E-state index is 0.0109. The number of aryl methyl sites for hydroxylation is 1. The van der Waals surface area contributed by atoms with Crippen molar-refractivity contribution >= 4 is 0 Å². The summed E-state index contributed by atoms with van der Waals surface area (Å²) in [5.41, 5.74) is 2.49. The predicted octanol–water partition coefficient (Wildman–Crippen LogP) is 2.03. The molecule has 0 bridgehead atoms. The van der Waals surface area contributed by atoms with Gasteiger partial charge in [0.05, 0.1) is 0 Å². The van der Waals surface area contributed by atoms with Gasteiger partial charge in [0.15, 0.2) is 0 Å². The van der Waals surface area contributed by atoms with Crippen LogP contribution in [0.3, 0.4) is 0 Å². The molecule has 0 aliphatic rings. The fourth-order valence-corrected chi connectivity index (χ4v) is 1.63. The smallest absolute Gasteiger partial charge is 0.0448 e. The highest BCUT2D eigenvalue weighted by atomic mass is 16.3. The van der Waals surface area contributed by atoms with E-state index in [0.29, 0.717) is 0 Å². The van der Waals surface area contributed by atoms with E-state index in [1.54, 1.807) is 0 Å². The van der Waals surface area contributed by atoms with Crippen molar-refractivity contribution in [1.82, 2.24) is 10.3 Å². The van der Waals surface area contributed by atoms with E-state index in [4.69, 9.17) is 5.11 Å². The topological polar surface area (TPSA) is 45.1 Å². The molecule has 0 saturated heterocycles. The van der Waals surface area contributed by atoms with Crippen molar-refractivity contribution in [1.29, 1.82) is 0 Å². The van der Waals surface area contributed by atoms with Gasteiger partial charge in [-0.15, -0.1) is 0 Å². The summed E-state index contributed by atoms with van der Waals surface area (Å²) in [7, 11) is 0. The number of aliphatic hydroxyl groups excluding tert-OH is 1. The van der Waals surface area contributed by atoms with Gasteiger partial charge in [-0.05, 0) is 43.9 Å². The molecule has 2 N–H and O–H groups in total. The Labute approximate surface area is 97.9 Å². The van der Waals surface area contributed by atoms with Crippen molar-refractivity contribution < 1.29 is 5.11 Å². The Kier molecular flexibility index (Phi) is 4.90. The molecule has 1 aromatic heterocycles. The van der Waals surface area contributed by atoms with E-state index in [1.807, 2.05) is 18.5 Å². The third kappa shape index (κ3) is 3.58. The van der Waals surface area contributed by atoms with Crippen molar-refractivity contribution in [3.63, 3.8) is 0 Å². The second kappa shape index (κ2) is 5.97. The van der Waals surface area contributed by atoms with Crippen LogP contribution < -0.4 is 5.32 Å². The van der Waals surface area contributed by atoms with E-state index in [2.05, 4.69) is 31.1 Å². The Hall–Kier alpha value is -0.930. The largest absolute Gasteiger partial charge is 0.396 e. The quantitative estimate of drug-likeness (QED) is 0.774. The fraction of sp³-hybridized carbons (Fsp3) is 0.615. The maximum atomic E-state index is 9.03. The molecule has 0 saturated carbocycles. The van der Waals surface area contributed by atoms with Gasteiger partial charge in [0, 0.05) is 31.1 Å². The number of pyridine rings is 1. The lowest BCUT2D eigenvalue weighted by Crippen LogP contribution is -2.42. The minimum Gasteiger partial charge on any atom is -0.396 e. The lowest BCUT2D eigenvalue weighted by molar-refractivity contribution is 0.214. The van der Waals surface area contributed by atoms with Crippen LogP contribution in [0.1, 0.15) is 37.8 Å². The summed E-state index contributed by atoms with van der Waals surface area (Å²) in [6.07, 6.45) is 5.50. The molecule has 0 fully saturated rings. The molecule has 90 valence electrons. The highest BCUT2D eigenvalue weighted by Crippen LogP contribution is 2.15. The van der Waals surface area contributed by atoms with Gasteiger partial charge in [0.2, 0.25) is 0 Å². The first-order chi connectivity index (χ1) is 7.61. The molecule has 0 radical (unpaired) electrons. The number of hydrogen-bond donors (Lipinski definition) is 2. The van der Waals surface area contributed by atoms with Gasteiger partial charge in [-0.1, -0.05) is 6.92 Å². The summed E-state index contributed by atoms with van der Waals surface area (Å²) < 4.78 is 0. The molecule has 1 heterocycles. The third-order valence-electron chi connectivity index (χ3n) is 3.30. The second-order valence-corrected chi connectivity index (χ2v) is 4.54. The van der Waals surface area contributed by atoms with Crippen molar-refractivity contribution in [3.05, 3.63) is 29.6 Å². The van der Waals surface area contributed by atoms with Crippen LogP contribution in [0.15, 0.2) is 18.5 Å². The molecule has 0 spiro atoms. The second-order valence-electron chi connectivity index (χ2n) is 4.54. The Balaban J connectivity index is 2.59. The van der Waals surface area contributed by atoms with Crippen molar-refractivity contribution in [2.45, 2.75) is 45.7 Å². The lowest BCUT2D eigenvalue weighted by Gasteiger charge is -2.29. The van der Waals surface area contributed by atoms with Gasteiger partial charge in [-0.25, -0.2) is 0 Å². The molecule has 16 heavy (non-hydrogen) atoms. The monoisotopic (exact) mass is 222 g/mol. The van der Waals surface area contributed by atoms with Crippen LogP contribution in [0.5, 0.6) is 0 Å². The van der Waals surface area contributed by atoms with Gasteiger partial charge in [-0.2, -0.15) is 0 Å². The summed E-state index contributed by atoms with van der Waals surface area (Å²) in [5.74, 6) is 0. The first kappa shape index (κ1) is 13.1. The molecule has 1 unspecified atom stereocenters. The Morgan fingerprint density at radius 3 is 2.81 bits per heavy atom. The normalized spacial score (nSPS) is 14.8. The molecule has 0 aromatic carbocycles. The Bertz CT molecular complexity index is 327. The zero-order valence-corrected chi connectivity index (χ0v) is 10.5. The number of rotatable bonds is 6. The summed E-state index contributed by atoms with van der Waals surface area (Å²) in [5, 5.41) is 12.5. The van der Waals surface area contributed by atoms with Crippen LogP contribution in [0.2, 0.25) is 0 Å². The third-order valence-corrected chi connectivity index (χ3v) is 3.30. The van der Waals surface area contributed by atoms with Gasteiger partial charge >= 0.3 is 0 Å². The predicted molar refractivity (Wildman–Crippen MR) is 66.2 cm³/mol. The Morgan fingerprint density at radius 2 is 2.25 bits per heavy atom. The SMILES string of the molecule is CCC(C)(CCO)NCc1cnccc1C. The molecule has 1 aromatic rings. The average Bonchev–Trinajstić information content (AvgIpc) is 2.28. The van der Waals surface area contributed by atoms with Crippen LogP contribution in [0.4, 0.5) is 0 Å². The van der Waals surface area contributed by atoms with E-state index in [1.165, 1.54) is 11.1 Å². The van der Waals surface area contributed by atoms with Crippen LogP contribution in [0.25, 0.3) is 0 Å². The molecule has 3 nitrogen and oxygen atoms in total. The molecule has 0 aliphatic heterocycles. The van der Waals surface area contributed by atoms with Crippen LogP contribution in [-0.2, 0) is 6.54 Å². The summed E-state index contributed by atoms with van der Waals surface area (Å²) in [4.78, 5) is 4.13. The maximum Gasteiger partial charge on any atom is 0.0448 e. The molecule has 1 atom stereocenters. The first-order valence-electron chi connectivity index (χ1n) is 5.86. The zero-order chi connectivity index (χ0) is 12.0. The molecule has 0 amide bonds. The lowest BCUT2D eigenvalue weighted by atomic mass is 9.94. The molecule has 1 rings (SSSR count). The van der Waals surface area contributed by atoms with Crippen LogP contribution in [0, 0.1) is 6.92 Å². The Morgan fingerprint density at radius 1 is 1.50 bits per heavy atom. The van der Waals surface area contributed by atoms with E-state index in [0.717, 1.165) is 19.4 Å². The molecular formula is C13H22N2O. The van der Waals surface area contributed by atoms with Crippen molar-refractivity contribution in [2.24, 2.45) is 0 Å². The minimum absolute atomic E-state index is 0.0109. The van der Waals surface area contributed by atoms with Gasteiger partial charge in [-0.3, -0.25) is 4.98 Å². The average molecular weight is 222 g/mol. The number of aromatic nitrogens is 1. The zero-order valence-electron chi connectivity index (χ0n) is 10.5. The van der Waals surface area contributed by atoms with Gasteiger partial charge in [0.25, 0.3) is 0 Å². The number of nitrogens with one attached hydrogen (secondary N) is 1. The number of nitrogens with zero attached hydrogens (tertiary/aromatic N) is 1. The maximum absolute atomic E-state index is 9.03. The van der Waals surface area contributed by atoms with E-state index in [-0.39, 0.29) is 12.1 Å². The van der Waals surface area contributed by atoms with Gasteiger partial charge in [0.1, 0.15) is 0 Å². The van der Waals surface area contributed by atoms with E-state index in [9.17, 15) is 0 Å². The van der Waals surface area contributed by atoms with Crippen LogP contribution in [-0.4, -0.2) is 22.2 Å². The van der Waals surface area contributed by atoms with Crippen molar-refractivity contribution in [3.8, 4) is 0 Å². The van der Waals surface area contributed by atoms with E-state index >= 15 is 0 Å². The van der Waals surface area contributed by atoms with Gasteiger partial charge < -0.3 is 10.4 Å². The summed E-state index contributed by atoms with van der Waals surface area (Å²) in [6, 6.07) is 2.02. The fourth-order valence-electron chi connectivity index (χ4n) is 1.63. The first-order valence-corrected chi connectivity index (χ1v) is 5.86. The number of aliphatic hydroxyl groups is 1. The number of hydrogen-bond acceptors (Lipinski definition) is 3. The molecular weight excluding hydrogens is 200 g/mol. The van der Waals surface area contributed by atoms with Crippen LogP contribution >= 0.6 is 0 Å². The van der Waals surface area contributed by atoms with E-state index < -0.39 is 0 Å². The summed E-state index contributed by atoms with van der Waals surface area (Å²) >= 11 is 0. The van der Waals surface area contributed by atoms with Crippen molar-refractivity contribution in [2.75, 3.05) is 6.61 Å². The summed E-state index contributed by atoms with van der Waals surface area (Å²) in [6.45, 7) is 7.41. The standard InChI is InChI=1S/C13H22N2O/c1-4-13(3,6-8-16)15-10-12-9-14-7-5-11(12)2/h5,7,9,15-16H,4,6,8,10H2,1-3H3. The molecule has 3 heteroatoms. The highest BCUT2D eigenvalue weighted by molar-refractivity contribution is 5.21. The molecule has 0 aliphatic carbocycles. The highest BCUT2D eigenvalue weighted by Gasteiger charge is 2.20.